The van der Waals surface area contributed by atoms with Crippen molar-refractivity contribution in [2.75, 3.05) is 25.2 Å². The van der Waals surface area contributed by atoms with Crippen molar-refractivity contribution in [3.63, 3.8) is 0 Å². The van der Waals surface area contributed by atoms with E-state index in [9.17, 15) is 19.5 Å². The van der Waals surface area contributed by atoms with Crippen LogP contribution in [0.5, 0.6) is 0 Å². The molecule has 2 heterocycles. The van der Waals surface area contributed by atoms with Crippen molar-refractivity contribution in [2.45, 2.75) is 18.3 Å². The maximum Gasteiger partial charge on any atom is 0.351 e. The molecule has 0 unspecified atom stereocenters. The number of carboxylic acid groups (broad SMARTS) is 1. The van der Waals surface area contributed by atoms with Crippen LogP contribution in [0.15, 0.2) is 22.3 Å². The van der Waals surface area contributed by atoms with Crippen LogP contribution in [0.25, 0.3) is 0 Å². The Morgan fingerprint density at radius 1 is 1.54 bits per heavy atom. The molecule has 1 aromatic rings. The third-order valence-electron chi connectivity index (χ3n) is 3.38. The lowest BCUT2D eigenvalue weighted by Gasteiger charge is -2.29. The maximum absolute atomic E-state index is 12.7. The van der Waals surface area contributed by atoms with Crippen molar-refractivity contribution in [1.29, 1.82) is 0 Å². The highest BCUT2D eigenvalue weighted by atomic mass is 32.2. The molecule has 1 amide bonds. The topological polar surface area (TPSA) is 165 Å². The summed E-state index contributed by atoms with van der Waals surface area (Å²) >= 11 is 2.35. The van der Waals surface area contributed by atoms with E-state index in [1.807, 2.05) is 0 Å². The molecule has 11 nitrogen and oxygen atoms in total. The number of hydrogen-bond donors (Lipinski definition) is 4. The Balaban J connectivity index is 2.25. The molecule has 1 aromatic heterocycles. The van der Waals surface area contributed by atoms with E-state index in [-0.39, 0.29) is 28.8 Å². The Labute approximate surface area is 168 Å². The lowest BCUT2D eigenvalue weighted by Crippen LogP contribution is -2.56. The van der Waals surface area contributed by atoms with Crippen LogP contribution in [-0.4, -0.2) is 64.5 Å². The van der Waals surface area contributed by atoms with Gasteiger partial charge in [-0.2, -0.15) is 0 Å². The van der Waals surface area contributed by atoms with Gasteiger partial charge in [-0.25, -0.2) is 14.6 Å². The second-order valence-corrected chi connectivity index (χ2v) is 7.28. The summed E-state index contributed by atoms with van der Waals surface area (Å²) in [6.07, 6.45) is 1.48. The molecule has 2 atom stereocenters. The number of nitrogen functional groups attached to an aromatic ring is 1. The standard InChI is InChI=1S/C15H19N5O6S2/c1-3-26-14(24)10(12-17-7(13(22)23)4-5-27-12)19-11(21)9(20-25-2)8-6-28-15(16)18-8/h4,6,10,12,17H,3,5H2,1-2H3,(H2,16,18)(H,19,21)(H,22,23)/b20-9-/t10-,12+/m0/s1. The summed E-state index contributed by atoms with van der Waals surface area (Å²) in [5, 5.41) is 19.1. The highest BCUT2D eigenvalue weighted by molar-refractivity contribution is 8.00. The summed E-state index contributed by atoms with van der Waals surface area (Å²) in [6.45, 7) is 1.71. The number of ether oxygens (including phenoxy) is 1. The number of thiazole rings is 1. The van der Waals surface area contributed by atoms with Crippen LogP contribution in [0, 0.1) is 0 Å². The Morgan fingerprint density at radius 2 is 2.29 bits per heavy atom. The highest BCUT2D eigenvalue weighted by Crippen LogP contribution is 2.21. The number of nitrogens with two attached hydrogens (primary N) is 1. The molecular formula is C15H19N5O6S2. The second-order valence-electron chi connectivity index (χ2n) is 5.22. The predicted molar refractivity (Wildman–Crippen MR) is 104 cm³/mol. The zero-order valence-corrected chi connectivity index (χ0v) is 16.6. The van der Waals surface area contributed by atoms with Crippen molar-refractivity contribution in [2.24, 2.45) is 5.16 Å². The van der Waals surface area contributed by atoms with Crippen molar-refractivity contribution < 1.29 is 29.1 Å². The summed E-state index contributed by atoms with van der Waals surface area (Å²) in [4.78, 5) is 45.1. The number of amides is 1. The number of oxime groups is 1. The number of thioether (sulfide) groups is 1. The van der Waals surface area contributed by atoms with Gasteiger partial charge < -0.3 is 31.0 Å². The maximum atomic E-state index is 12.7. The van der Waals surface area contributed by atoms with Gasteiger partial charge in [0, 0.05) is 11.1 Å². The van der Waals surface area contributed by atoms with E-state index >= 15 is 0 Å². The first-order valence-electron chi connectivity index (χ1n) is 7.99. The molecule has 1 aliphatic rings. The smallest absolute Gasteiger partial charge is 0.351 e. The molecule has 0 bridgehead atoms. The number of aliphatic carboxylic acids is 1. The Morgan fingerprint density at radius 3 is 2.86 bits per heavy atom. The number of esters is 1. The second kappa shape index (κ2) is 9.94. The van der Waals surface area contributed by atoms with E-state index in [1.54, 1.807) is 6.92 Å². The minimum Gasteiger partial charge on any atom is -0.477 e. The summed E-state index contributed by atoms with van der Waals surface area (Å²) < 4.78 is 5.02. The minimum atomic E-state index is -1.18. The number of hydrogen-bond acceptors (Lipinski definition) is 11. The number of carbonyl (C=O) groups is 3. The molecule has 28 heavy (non-hydrogen) atoms. The van der Waals surface area contributed by atoms with Crippen LogP contribution in [-0.2, 0) is 24.0 Å². The molecule has 0 saturated heterocycles. The van der Waals surface area contributed by atoms with E-state index < -0.39 is 29.3 Å². The number of nitrogens with one attached hydrogen (secondary N) is 2. The van der Waals surface area contributed by atoms with E-state index in [2.05, 4.69) is 20.8 Å². The van der Waals surface area contributed by atoms with E-state index in [0.29, 0.717) is 5.75 Å². The average molecular weight is 429 g/mol. The molecule has 0 radical (unpaired) electrons. The zero-order valence-electron chi connectivity index (χ0n) is 15.0. The quantitative estimate of drug-likeness (QED) is 0.246. The Hall–Kier alpha value is -2.80. The van der Waals surface area contributed by atoms with Gasteiger partial charge in [-0.05, 0) is 13.0 Å². The van der Waals surface area contributed by atoms with Crippen LogP contribution < -0.4 is 16.4 Å². The lowest BCUT2D eigenvalue weighted by atomic mass is 10.2. The van der Waals surface area contributed by atoms with Crippen LogP contribution in [0.2, 0.25) is 0 Å². The van der Waals surface area contributed by atoms with Gasteiger partial charge in [0.25, 0.3) is 5.91 Å². The fourth-order valence-electron chi connectivity index (χ4n) is 2.21. The minimum absolute atomic E-state index is 0.0645. The first-order chi connectivity index (χ1) is 13.4. The van der Waals surface area contributed by atoms with Gasteiger partial charge >= 0.3 is 11.9 Å². The van der Waals surface area contributed by atoms with Crippen molar-refractivity contribution in [1.82, 2.24) is 15.6 Å². The number of nitrogens with zero attached hydrogens (tertiary/aromatic N) is 2. The fraction of sp³-hybridized carbons (Fsp3) is 0.400. The average Bonchev–Trinajstić information content (AvgIpc) is 3.10. The van der Waals surface area contributed by atoms with Crippen molar-refractivity contribution in [3.8, 4) is 0 Å². The molecule has 0 fully saturated rings. The van der Waals surface area contributed by atoms with Crippen LogP contribution in [0.4, 0.5) is 5.13 Å². The first-order valence-corrected chi connectivity index (χ1v) is 9.91. The number of carbonyl (C=O) groups excluding carboxylic acids is 2. The molecule has 1 aliphatic heterocycles. The first kappa shape index (κ1) is 21.5. The van der Waals surface area contributed by atoms with Crippen LogP contribution in [0.1, 0.15) is 12.6 Å². The third-order valence-corrected chi connectivity index (χ3v) is 5.17. The fourth-order valence-corrected chi connectivity index (χ4v) is 3.81. The van der Waals surface area contributed by atoms with Gasteiger partial charge in [0.2, 0.25) is 0 Å². The molecule has 0 saturated carbocycles. The van der Waals surface area contributed by atoms with Gasteiger partial charge in [-0.3, -0.25) is 4.79 Å². The number of rotatable bonds is 8. The molecular weight excluding hydrogens is 410 g/mol. The molecule has 2 rings (SSSR count). The number of anilines is 1. The predicted octanol–water partition coefficient (Wildman–Crippen LogP) is -0.245. The molecule has 0 aromatic carbocycles. The molecule has 152 valence electrons. The van der Waals surface area contributed by atoms with E-state index in [4.69, 9.17) is 15.3 Å². The molecule has 13 heteroatoms. The van der Waals surface area contributed by atoms with Crippen molar-refractivity contribution in [3.05, 3.63) is 22.8 Å². The zero-order chi connectivity index (χ0) is 20.7. The van der Waals surface area contributed by atoms with Gasteiger partial charge in [-0.1, -0.05) is 5.16 Å². The van der Waals surface area contributed by atoms with E-state index in [0.717, 1.165) is 11.3 Å². The largest absolute Gasteiger partial charge is 0.477 e. The highest BCUT2D eigenvalue weighted by Gasteiger charge is 2.36. The van der Waals surface area contributed by atoms with Crippen molar-refractivity contribution >= 4 is 51.8 Å². The SMILES string of the molecule is CCOC(=O)[C@@H](NC(=O)/C(=N\OC)c1csc(N)n1)[C@@H]1NC(C(=O)O)=CCS1. The summed E-state index contributed by atoms with van der Waals surface area (Å²) in [5.41, 5.74) is 5.53. The van der Waals surface area contributed by atoms with E-state index in [1.165, 1.54) is 30.3 Å². The third kappa shape index (κ3) is 5.36. The molecule has 0 spiro atoms. The van der Waals surface area contributed by atoms with Gasteiger partial charge in [-0.15, -0.1) is 23.1 Å². The summed E-state index contributed by atoms with van der Waals surface area (Å²) in [5.74, 6) is -2.30. The normalized spacial score (nSPS) is 17.7. The Kier molecular flexibility index (Phi) is 7.63. The van der Waals surface area contributed by atoms with Crippen LogP contribution in [0.3, 0.4) is 0 Å². The Bertz CT molecular complexity index is 809. The van der Waals surface area contributed by atoms with Crippen LogP contribution >= 0.6 is 23.1 Å². The summed E-state index contributed by atoms with van der Waals surface area (Å²) in [7, 11) is 1.26. The van der Waals surface area contributed by atoms with Gasteiger partial charge in [0.05, 0.1) is 6.61 Å². The van der Waals surface area contributed by atoms with Gasteiger partial charge in [0.15, 0.2) is 16.9 Å². The number of aromatic nitrogens is 1. The summed E-state index contributed by atoms with van der Waals surface area (Å²) in [6, 6.07) is -1.18. The molecule has 5 N–H and O–H groups in total. The van der Waals surface area contributed by atoms with Gasteiger partial charge in [0.1, 0.15) is 23.9 Å². The number of carboxylic acids is 1. The monoisotopic (exact) mass is 429 g/mol. The molecule has 0 aliphatic carbocycles. The lowest BCUT2D eigenvalue weighted by molar-refractivity contribution is -0.147.